The molecule has 40 heavy (non-hydrogen) atoms. The summed E-state index contributed by atoms with van der Waals surface area (Å²) in [6.45, 7) is 15.1. The number of nitriles is 2. The second kappa shape index (κ2) is 9.48. The van der Waals surface area contributed by atoms with Crippen LogP contribution >= 0.6 is 0 Å². The van der Waals surface area contributed by atoms with Gasteiger partial charge in [0, 0.05) is 11.1 Å². The van der Waals surface area contributed by atoms with E-state index in [-0.39, 0.29) is 61.3 Å². The van der Waals surface area contributed by atoms with Crippen LogP contribution in [-0.4, -0.2) is 0 Å². The summed E-state index contributed by atoms with van der Waals surface area (Å²) in [4.78, 5) is 6.65. The van der Waals surface area contributed by atoms with E-state index < -0.39 is 40.6 Å². The minimum absolute atomic E-state index is 0.00940. The number of fused-ring (bicyclic) bond motifs is 3. The third-order valence-electron chi connectivity index (χ3n) is 6.41. The Labute approximate surface area is 222 Å². The van der Waals surface area contributed by atoms with Crippen LogP contribution < -0.4 is 0 Å². The van der Waals surface area contributed by atoms with E-state index in [0.717, 1.165) is 0 Å². The van der Waals surface area contributed by atoms with Gasteiger partial charge in [0.05, 0.1) is 30.8 Å². The second-order valence-corrected chi connectivity index (χ2v) is 8.54. The minimum Gasteiger partial charge on any atom is -0.237 e. The molecule has 0 amide bonds. The van der Waals surface area contributed by atoms with Crippen LogP contribution in [0, 0.1) is 70.7 Å². The van der Waals surface area contributed by atoms with Crippen LogP contribution in [0.1, 0.15) is 16.7 Å². The normalized spacial score (nSPS) is 12.4. The number of hydrogen-bond donors (Lipinski definition) is 0. The van der Waals surface area contributed by atoms with Crippen molar-refractivity contribution in [3.63, 3.8) is 0 Å². The molecule has 0 N–H and O–H groups in total. The molecule has 10 heteroatoms. The first kappa shape index (κ1) is 25.8. The van der Waals surface area contributed by atoms with Gasteiger partial charge in [-0.3, -0.25) is 0 Å². The van der Waals surface area contributed by atoms with E-state index in [9.17, 15) is 36.9 Å². The standard InChI is InChI=1S/C30H8F6N4/c1-39-26-10-21-19(9-17(26)14-6-24(33)30(36)25(34)7-14)18-8-16(13-4-22(31)29(35)23(32)5-13)15(11-37)3-20(18)28(21)27(12-38)40-2/h3-10H/b28-27-. The van der Waals surface area contributed by atoms with Crippen molar-refractivity contribution in [1.82, 2.24) is 0 Å². The Balaban J connectivity index is 1.89. The SMILES string of the molecule is [C-]#[N+]/C(C#N)=C1/c2cc(C#N)c(-c3cc(F)c(F)c(F)c3)cc2-c2cc(-c3cc(F)c(F)c(F)c3)c([N+]#[C-])cc21. The molecule has 0 aromatic heterocycles. The summed E-state index contributed by atoms with van der Waals surface area (Å²) in [5, 5.41) is 19.5. The van der Waals surface area contributed by atoms with Crippen molar-refractivity contribution in [3.8, 4) is 45.5 Å². The molecule has 0 radical (unpaired) electrons. The lowest BCUT2D eigenvalue weighted by Crippen LogP contribution is -1.95. The molecule has 0 atom stereocenters. The molecule has 190 valence electrons. The molecule has 0 bridgehead atoms. The highest BCUT2D eigenvalue weighted by Crippen LogP contribution is 2.51. The highest BCUT2D eigenvalue weighted by atomic mass is 19.2. The maximum absolute atomic E-state index is 14.1. The average Bonchev–Trinajstić information content (AvgIpc) is 3.25. The Bertz CT molecular complexity index is 1830. The number of hydrogen-bond acceptors (Lipinski definition) is 2. The van der Waals surface area contributed by atoms with Gasteiger partial charge in [0.25, 0.3) is 5.70 Å². The Hall–Kier alpha value is -5.84. The molecule has 1 aliphatic carbocycles. The molecule has 0 aliphatic heterocycles. The Kier molecular flexibility index (Phi) is 6.11. The van der Waals surface area contributed by atoms with Crippen molar-refractivity contribution in [1.29, 1.82) is 10.5 Å². The van der Waals surface area contributed by atoms with Crippen LogP contribution in [0.5, 0.6) is 0 Å². The summed E-state index contributed by atoms with van der Waals surface area (Å²) in [7, 11) is 0. The summed E-state index contributed by atoms with van der Waals surface area (Å²) in [6.07, 6.45) is 0. The van der Waals surface area contributed by atoms with Gasteiger partial charge in [0.15, 0.2) is 40.6 Å². The zero-order valence-electron chi connectivity index (χ0n) is 19.7. The van der Waals surface area contributed by atoms with Crippen molar-refractivity contribution in [2.75, 3.05) is 0 Å². The molecule has 4 aromatic carbocycles. The van der Waals surface area contributed by atoms with Crippen LogP contribution in [0.2, 0.25) is 0 Å². The topological polar surface area (TPSA) is 56.3 Å². The van der Waals surface area contributed by atoms with Crippen molar-refractivity contribution in [3.05, 3.63) is 129 Å². The van der Waals surface area contributed by atoms with E-state index in [0.29, 0.717) is 24.3 Å². The van der Waals surface area contributed by atoms with Gasteiger partial charge in [-0.25, -0.2) is 41.3 Å². The van der Waals surface area contributed by atoms with E-state index in [4.69, 9.17) is 13.1 Å². The fourth-order valence-corrected chi connectivity index (χ4v) is 4.66. The van der Waals surface area contributed by atoms with Crippen molar-refractivity contribution >= 4 is 11.3 Å². The highest BCUT2D eigenvalue weighted by Gasteiger charge is 2.30. The zero-order chi connectivity index (χ0) is 28.9. The number of rotatable bonds is 2. The summed E-state index contributed by atoms with van der Waals surface area (Å²) in [5.41, 5.74) is -0.0461. The lowest BCUT2D eigenvalue weighted by atomic mass is 9.92. The fraction of sp³-hybridized carbons (Fsp3) is 0. The number of halogens is 6. The summed E-state index contributed by atoms with van der Waals surface area (Å²) in [5.74, 6) is -9.38. The van der Waals surface area contributed by atoms with Crippen molar-refractivity contribution in [2.24, 2.45) is 0 Å². The van der Waals surface area contributed by atoms with Gasteiger partial charge in [-0.15, -0.1) is 0 Å². The molecule has 0 fully saturated rings. The molecule has 5 rings (SSSR count). The van der Waals surface area contributed by atoms with Gasteiger partial charge in [0.1, 0.15) is 0 Å². The van der Waals surface area contributed by atoms with Crippen molar-refractivity contribution in [2.45, 2.75) is 0 Å². The van der Waals surface area contributed by atoms with E-state index in [1.807, 2.05) is 6.07 Å². The van der Waals surface area contributed by atoms with Gasteiger partial charge in [-0.1, -0.05) is 6.07 Å². The Morgan fingerprint density at radius 3 is 1.52 bits per heavy atom. The molecular formula is C30H8F6N4. The molecule has 0 heterocycles. The molecule has 1 aliphatic rings. The first-order valence-electron chi connectivity index (χ1n) is 11.1. The summed E-state index contributed by atoms with van der Waals surface area (Å²) >= 11 is 0. The third kappa shape index (κ3) is 3.84. The van der Waals surface area contributed by atoms with E-state index in [1.54, 1.807) is 6.07 Å². The molecule has 4 aromatic rings. The average molecular weight is 538 g/mol. The largest absolute Gasteiger partial charge is 0.270 e. The first-order chi connectivity index (χ1) is 19.1. The molecule has 0 spiro atoms. The summed E-state index contributed by atoms with van der Waals surface area (Å²) < 4.78 is 83.5. The van der Waals surface area contributed by atoms with Crippen LogP contribution in [0.4, 0.5) is 32.0 Å². The predicted molar refractivity (Wildman–Crippen MR) is 132 cm³/mol. The van der Waals surface area contributed by atoms with E-state index in [1.165, 1.54) is 24.3 Å². The lowest BCUT2D eigenvalue weighted by molar-refractivity contribution is 0.447. The van der Waals surface area contributed by atoms with Gasteiger partial charge in [0.2, 0.25) is 0 Å². The fourth-order valence-electron chi connectivity index (χ4n) is 4.66. The van der Waals surface area contributed by atoms with Gasteiger partial charge in [-0.2, -0.15) is 5.26 Å². The predicted octanol–water partition coefficient (Wildman–Crippen LogP) is 8.46. The Morgan fingerprint density at radius 2 is 1.07 bits per heavy atom. The lowest BCUT2D eigenvalue weighted by Gasteiger charge is -2.12. The monoisotopic (exact) mass is 538 g/mol. The van der Waals surface area contributed by atoms with Crippen LogP contribution in [0.3, 0.4) is 0 Å². The number of nitrogens with zero attached hydrogens (tertiary/aromatic N) is 4. The zero-order valence-corrected chi connectivity index (χ0v) is 19.7. The van der Waals surface area contributed by atoms with Crippen LogP contribution in [0.15, 0.2) is 54.2 Å². The second-order valence-electron chi connectivity index (χ2n) is 8.54. The maximum Gasteiger partial charge on any atom is 0.270 e. The van der Waals surface area contributed by atoms with Crippen LogP contribution in [-0.2, 0) is 0 Å². The number of benzene rings is 4. The number of allylic oxidation sites excluding steroid dienone is 1. The quantitative estimate of drug-likeness (QED) is 0.0980. The van der Waals surface area contributed by atoms with E-state index in [2.05, 4.69) is 9.69 Å². The van der Waals surface area contributed by atoms with Crippen molar-refractivity contribution < 1.29 is 26.3 Å². The smallest absolute Gasteiger partial charge is 0.237 e. The maximum atomic E-state index is 14.1. The molecular weight excluding hydrogens is 530 g/mol. The van der Waals surface area contributed by atoms with Gasteiger partial charge in [-0.05, 0) is 81.4 Å². The molecule has 0 saturated carbocycles. The van der Waals surface area contributed by atoms with Crippen LogP contribution in [0.25, 0.3) is 48.6 Å². The highest BCUT2D eigenvalue weighted by molar-refractivity contribution is 6.07. The molecule has 0 unspecified atom stereocenters. The van der Waals surface area contributed by atoms with E-state index >= 15 is 0 Å². The summed E-state index contributed by atoms with van der Waals surface area (Å²) in [6, 6.07) is 11.7. The van der Waals surface area contributed by atoms with Gasteiger partial charge < -0.3 is 0 Å². The molecule has 0 saturated heterocycles. The van der Waals surface area contributed by atoms with Gasteiger partial charge >= 0.3 is 0 Å². The Morgan fingerprint density at radius 1 is 0.600 bits per heavy atom. The molecule has 4 nitrogen and oxygen atoms in total. The minimum atomic E-state index is -1.70. The first-order valence-corrected chi connectivity index (χ1v) is 11.1. The third-order valence-corrected chi connectivity index (χ3v) is 6.41.